The summed E-state index contributed by atoms with van der Waals surface area (Å²) in [6.45, 7) is 3.86. The van der Waals surface area contributed by atoms with Crippen LogP contribution in [0.3, 0.4) is 0 Å². The molecule has 2 N–H and O–H groups in total. The average molecular weight is 433 g/mol. The Morgan fingerprint density at radius 3 is 2.56 bits per heavy atom. The van der Waals surface area contributed by atoms with Crippen molar-refractivity contribution in [1.82, 2.24) is 9.88 Å². The molecule has 1 atom stereocenters. The molecule has 0 saturated carbocycles. The molecule has 0 radical (unpaired) electrons. The maximum atomic E-state index is 12.9. The molecule has 7 nitrogen and oxygen atoms in total. The number of carbonyl (C=O) groups is 2. The standard InChI is InChI=1S/C25H28N4O3/c1-17(14-23(30)27-18-8-7-9-19(15-18)29-12-5-6-13-29)26-25(32)21-16-24(31)28(2)22-11-4-3-10-20(21)22/h3-4,7-11,15-17H,5-6,12-14H2,1-2H3,(H,26,32)(H,27,30). The van der Waals surface area contributed by atoms with Crippen LogP contribution in [0, 0.1) is 0 Å². The number of hydrogen-bond donors (Lipinski definition) is 2. The minimum atomic E-state index is -0.396. The minimum Gasteiger partial charge on any atom is -0.371 e. The second-order valence-electron chi connectivity index (χ2n) is 8.34. The van der Waals surface area contributed by atoms with E-state index in [-0.39, 0.29) is 23.8 Å². The van der Waals surface area contributed by atoms with Gasteiger partial charge in [-0.2, -0.15) is 0 Å². The number of rotatable bonds is 6. The molecular weight excluding hydrogens is 404 g/mol. The number of pyridine rings is 1. The zero-order valence-corrected chi connectivity index (χ0v) is 18.4. The second-order valence-corrected chi connectivity index (χ2v) is 8.34. The Morgan fingerprint density at radius 1 is 1.03 bits per heavy atom. The van der Waals surface area contributed by atoms with Crippen LogP contribution in [0.1, 0.15) is 36.5 Å². The first kappa shape index (κ1) is 21.6. The van der Waals surface area contributed by atoms with Crippen LogP contribution >= 0.6 is 0 Å². The summed E-state index contributed by atoms with van der Waals surface area (Å²) >= 11 is 0. The number of amides is 2. The van der Waals surface area contributed by atoms with Crippen LogP contribution < -0.4 is 21.1 Å². The van der Waals surface area contributed by atoms with Gasteiger partial charge in [-0.15, -0.1) is 0 Å². The molecule has 32 heavy (non-hydrogen) atoms. The number of nitrogens with zero attached hydrogens (tertiary/aromatic N) is 2. The fourth-order valence-corrected chi connectivity index (χ4v) is 4.20. The summed E-state index contributed by atoms with van der Waals surface area (Å²) in [5.41, 5.74) is 2.61. The molecule has 2 aromatic carbocycles. The normalized spacial score (nSPS) is 14.4. The Kier molecular flexibility index (Phi) is 6.25. The fraction of sp³-hybridized carbons (Fsp3) is 0.320. The number of fused-ring (bicyclic) bond motifs is 1. The molecule has 2 heterocycles. The lowest BCUT2D eigenvalue weighted by molar-refractivity contribution is -0.116. The molecule has 7 heteroatoms. The monoisotopic (exact) mass is 432 g/mol. The lowest BCUT2D eigenvalue weighted by Crippen LogP contribution is -2.36. The van der Waals surface area contributed by atoms with Crippen LogP contribution in [0.4, 0.5) is 11.4 Å². The first-order chi connectivity index (χ1) is 15.4. The zero-order chi connectivity index (χ0) is 22.7. The Hall–Kier alpha value is -3.61. The minimum absolute atomic E-state index is 0.127. The van der Waals surface area contributed by atoms with Gasteiger partial charge in [-0.1, -0.05) is 24.3 Å². The highest BCUT2D eigenvalue weighted by molar-refractivity contribution is 6.06. The fourth-order valence-electron chi connectivity index (χ4n) is 4.20. The van der Waals surface area contributed by atoms with Gasteiger partial charge in [0.05, 0.1) is 11.1 Å². The lowest BCUT2D eigenvalue weighted by Gasteiger charge is -2.19. The molecule has 1 saturated heterocycles. The van der Waals surface area contributed by atoms with Crippen LogP contribution in [-0.2, 0) is 11.8 Å². The number of para-hydroxylation sites is 1. The van der Waals surface area contributed by atoms with Gasteiger partial charge in [-0.05, 0) is 44.0 Å². The summed E-state index contributed by atoms with van der Waals surface area (Å²) in [5.74, 6) is -0.541. The zero-order valence-electron chi connectivity index (χ0n) is 18.4. The summed E-state index contributed by atoms with van der Waals surface area (Å²) in [5, 5.41) is 6.47. The highest BCUT2D eigenvalue weighted by atomic mass is 16.2. The van der Waals surface area contributed by atoms with E-state index >= 15 is 0 Å². The summed E-state index contributed by atoms with van der Waals surface area (Å²) in [6.07, 6.45) is 2.51. The van der Waals surface area contributed by atoms with E-state index < -0.39 is 6.04 Å². The third kappa shape index (κ3) is 4.66. The second kappa shape index (κ2) is 9.26. The molecule has 1 aliphatic heterocycles. The first-order valence-corrected chi connectivity index (χ1v) is 11.0. The van der Waals surface area contributed by atoms with E-state index in [1.54, 1.807) is 20.0 Å². The van der Waals surface area contributed by atoms with Gasteiger partial charge < -0.3 is 20.1 Å². The van der Waals surface area contributed by atoms with Crippen LogP contribution in [0.15, 0.2) is 59.4 Å². The number of anilines is 2. The van der Waals surface area contributed by atoms with Crippen molar-refractivity contribution in [2.24, 2.45) is 7.05 Å². The molecule has 3 aromatic rings. The van der Waals surface area contributed by atoms with Gasteiger partial charge in [0.25, 0.3) is 11.5 Å². The molecule has 0 aliphatic carbocycles. The van der Waals surface area contributed by atoms with Gasteiger partial charge in [-0.25, -0.2) is 0 Å². The van der Waals surface area contributed by atoms with Gasteiger partial charge >= 0.3 is 0 Å². The number of hydrogen-bond acceptors (Lipinski definition) is 4. The van der Waals surface area contributed by atoms with Crippen molar-refractivity contribution < 1.29 is 9.59 Å². The van der Waals surface area contributed by atoms with Crippen molar-refractivity contribution in [3.8, 4) is 0 Å². The third-order valence-corrected chi connectivity index (χ3v) is 5.87. The van der Waals surface area contributed by atoms with E-state index in [1.807, 2.05) is 36.4 Å². The largest absolute Gasteiger partial charge is 0.371 e. The molecule has 2 amide bonds. The van der Waals surface area contributed by atoms with E-state index in [0.717, 1.165) is 24.5 Å². The first-order valence-electron chi connectivity index (χ1n) is 11.0. The molecule has 4 rings (SSSR count). The van der Waals surface area contributed by atoms with Crippen LogP contribution in [-0.4, -0.2) is 35.5 Å². The van der Waals surface area contributed by atoms with Crippen molar-refractivity contribution in [3.05, 3.63) is 70.5 Å². The molecule has 0 spiro atoms. The maximum absolute atomic E-state index is 12.9. The molecule has 1 aliphatic rings. The summed E-state index contributed by atoms with van der Waals surface area (Å²) in [4.78, 5) is 40.0. The Balaban J connectivity index is 1.40. The average Bonchev–Trinajstić information content (AvgIpc) is 3.31. The van der Waals surface area contributed by atoms with E-state index in [4.69, 9.17) is 0 Å². The van der Waals surface area contributed by atoms with Gasteiger partial charge in [0.2, 0.25) is 5.91 Å². The molecule has 0 bridgehead atoms. The van der Waals surface area contributed by atoms with Crippen molar-refractivity contribution in [3.63, 3.8) is 0 Å². The summed E-state index contributed by atoms with van der Waals surface area (Å²) < 4.78 is 1.51. The van der Waals surface area contributed by atoms with E-state index in [0.29, 0.717) is 16.5 Å². The smallest absolute Gasteiger partial charge is 0.252 e. The van der Waals surface area contributed by atoms with Gasteiger partial charge in [0, 0.05) is 55.4 Å². The lowest BCUT2D eigenvalue weighted by atomic mass is 10.1. The molecule has 1 aromatic heterocycles. The summed E-state index contributed by atoms with van der Waals surface area (Å²) in [6, 6.07) is 16.1. The van der Waals surface area contributed by atoms with Gasteiger partial charge in [-0.3, -0.25) is 14.4 Å². The van der Waals surface area contributed by atoms with Crippen molar-refractivity contribution in [2.75, 3.05) is 23.3 Å². The summed E-state index contributed by atoms with van der Waals surface area (Å²) in [7, 11) is 1.68. The number of benzene rings is 2. The van der Waals surface area contributed by atoms with Crippen LogP contribution in [0.2, 0.25) is 0 Å². The number of aryl methyl sites for hydroxylation is 1. The van der Waals surface area contributed by atoms with E-state index in [1.165, 1.54) is 23.5 Å². The maximum Gasteiger partial charge on any atom is 0.252 e. The molecule has 1 fully saturated rings. The topological polar surface area (TPSA) is 83.4 Å². The molecular formula is C25H28N4O3. The highest BCUT2D eigenvalue weighted by Gasteiger charge is 2.18. The van der Waals surface area contributed by atoms with Crippen LogP contribution in [0.5, 0.6) is 0 Å². The van der Waals surface area contributed by atoms with Crippen molar-refractivity contribution >= 4 is 34.1 Å². The van der Waals surface area contributed by atoms with Crippen molar-refractivity contribution in [2.45, 2.75) is 32.2 Å². The number of nitrogens with one attached hydrogen (secondary N) is 2. The van der Waals surface area contributed by atoms with E-state index in [9.17, 15) is 14.4 Å². The van der Waals surface area contributed by atoms with Crippen molar-refractivity contribution in [1.29, 1.82) is 0 Å². The van der Waals surface area contributed by atoms with Gasteiger partial charge in [0.1, 0.15) is 0 Å². The van der Waals surface area contributed by atoms with E-state index in [2.05, 4.69) is 21.6 Å². The van der Waals surface area contributed by atoms with Gasteiger partial charge in [0.15, 0.2) is 0 Å². The predicted molar refractivity (Wildman–Crippen MR) is 127 cm³/mol. The number of aromatic nitrogens is 1. The van der Waals surface area contributed by atoms with Crippen LogP contribution in [0.25, 0.3) is 10.9 Å². The quantitative estimate of drug-likeness (QED) is 0.626. The third-order valence-electron chi connectivity index (χ3n) is 5.87. The molecule has 166 valence electrons. The Bertz CT molecular complexity index is 1210. The number of carbonyl (C=O) groups excluding carboxylic acids is 2. The SMILES string of the molecule is CC(CC(=O)Nc1cccc(N2CCCC2)c1)NC(=O)c1cc(=O)n(C)c2ccccc12. The Labute approximate surface area is 187 Å². The molecule has 1 unspecified atom stereocenters. The Morgan fingerprint density at radius 2 is 1.78 bits per heavy atom. The highest BCUT2D eigenvalue weighted by Crippen LogP contribution is 2.23. The predicted octanol–water partition coefficient (Wildman–Crippen LogP) is 3.29.